The van der Waals surface area contributed by atoms with Gasteiger partial charge in [0.2, 0.25) is 5.91 Å². The molecular weight excluding hydrogens is 609 g/mol. The zero-order chi connectivity index (χ0) is 31.9. The number of carbonyl (C=O) groups excluding carboxylic acids is 1. The maximum absolute atomic E-state index is 12.8. The molecule has 1 atom stereocenters. The number of aryl methyl sites for hydroxylation is 1. The van der Waals surface area contributed by atoms with E-state index in [0.29, 0.717) is 35.9 Å². The lowest BCUT2D eigenvalue weighted by molar-refractivity contribution is -0.127. The highest BCUT2D eigenvalue weighted by Crippen LogP contribution is 2.33. The van der Waals surface area contributed by atoms with Gasteiger partial charge in [0.15, 0.2) is 6.29 Å². The molecule has 2 aromatic carbocycles. The van der Waals surface area contributed by atoms with Crippen molar-refractivity contribution in [3.63, 3.8) is 0 Å². The molecule has 7 nitrogen and oxygen atoms in total. The van der Waals surface area contributed by atoms with Crippen molar-refractivity contribution < 1.29 is 19.4 Å². The molecule has 9 heteroatoms. The normalized spacial score (nSPS) is 16.2. The maximum Gasteiger partial charge on any atom is 0.229 e. The fourth-order valence-electron chi connectivity index (χ4n) is 6.20. The first-order valence-electron chi connectivity index (χ1n) is 17.2. The number of carbonyl (C=O) groups is 1. The van der Waals surface area contributed by atoms with Gasteiger partial charge >= 0.3 is 0 Å². The van der Waals surface area contributed by atoms with Gasteiger partial charge in [-0.15, -0.1) is 0 Å². The van der Waals surface area contributed by atoms with E-state index >= 15 is 0 Å². The molecule has 4 rings (SSSR count). The molecule has 1 fully saturated rings. The van der Waals surface area contributed by atoms with Crippen molar-refractivity contribution >= 4 is 40.5 Å². The fourth-order valence-corrected chi connectivity index (χ4v) is 6.61. The second-order valence-corrected chi connectivity index (χ2v) is 13.2. The molecule has 45 heavy (non-hydrogen) atoms. The molecule has 0 spiro atoms. The Balaban J connectivity index is 1.12. The Labute approximate surface area is 280 Å². The Bertz CT molecular complexity index is 1170. The molecule has 0 aliphatic carbocycles. The number of aliphatic hydroxyl groups excluding tert-OH is 1. The van der Waals surface area contributed by atoms with E-state index in [1.165, 1.54) is 44.9 Å². The monoisotopic (exact) mass is 661 g/mol. The Morgan fingerprint density at radius 2 is 1.58 bits per heavy atom. The van der Waals surface area contributed by atoms with E-state index in [0.717, 1.165) is 81.1 Å². The standard InChI is InChI=1S/C36H53Cl2N3O4/c1-2-3-4-5-6-7-8-9-10-16-35(43)45-28-41-33-27-30(19-17-29(33)18-20-34(41)42)44-26-12-11-21-39-22-24-40(25-23-39)32-15-13-14-31(37)36(32)38/h13-15,17,19,27,35,43H,2-12,16,18,20-26,28H2,1H3. The number of hydrogen-bond donors (Lipinski definition) is 1. The molecule has 2 heterocycles. The first-order chi connectivity index (χ1) is 22.0. The number of ether oxygens (including phenoxy) is 2. The average molecular weight is 663 g/mol. The largest absolute Gasteiger partial charge is 0.494 e. The first-order valence-corrected chi connectivity index (χ1v) is 18.0. The Hall–Kier alpha value is -2.03. The molecule has 250 valence electrons. The van der Waals surface area contributed by atoms with Crippen LogP contribution < -0.4 is 14.5 Å². The van der Waals surface area contributed by atoms with E-state index in [1.807, 2.05) is 30.3 Å². The minimum atomic E-state index is -0.857. The van der Waals surface area contributed by atoms with Gasteiger partial charge in [0, 0.05) is 38.7 Å². The van der Waals surface area contributed by atoms with Crippen LogP contribution in [0, 0.1) is 0 Å². The average Bonchev–Trinajstić information content (AvgIpc) is 3.05. The summed E-state index contributed by atoms with van der Waals surface area (Å²) in [7, 11) is 0. The second-order valence-electron chi connectivity index (χ2n) is 12.4. The number of halogens is 2. The quantitative estimate of drug-likeness (QED) is 0.113. The van der Waals surface area contributed by atoms with E-state index in [-0.39, 0.29) is 12.6 Å². The summed E-state index contributed by atoms with van der Waals surface area (Å²) in [6.07, 6.45) is 14.0. The van der Waals surface area contributed by atoms with Gasteiger partial charge in [-0.2, -0.15) is 0 Å². The van der Waals surface area contributed by atoms with Gasteiger partial charge in [-0.05, 0) is 62.4 Å². The van der Waals surface area contributed by atoms with E-state index in [1.54, 1.807) is 4.90 Å². The van der Waals surface area contributed by atoms with Gasteiger partial charge in [-0.25, -0.2) is 0 Å². The molecule has 1 saturated heterocycles. The number of anilines is 2. The summed E-state index contributed by atoms with van der Waals surface area (Å²) in [6.45, 7) is 7.81. The van der Waals surface area contributed by atoms with Crippen molar-refractivity contribution in [2.24, 2.45) is 0 Å². The van der Waals surface area contributed by atoms with Crippen LogP contribution in [0.15, 0.2) is 36.4 Å². The molecule has 2 aliphatic heterocycles. The van der Waals surface area contributed by atoms with Gasteiger partial charge in [0.05, 0.1) is 28.0 Å². The van der Waals surface area contributed by atoms with E-state index in [4.69, 9.17) is 32.7 Å². The van der Waals surface area contributed by atoms with Gasteiger partial charge in [-0.3, -0.25) is 14.6 Å². The highest BCUT2D eigenvalue weighted by Gasteiger charge is 2.26. The molecule has 1 N–H and O–H groups in total. The summed E-state index contributed by atoms with van der Waals surface area (Å²) in [5.74, 6) is 0.781. The fraction of sp³-hybridized carbons (Fsp3) is 0.639. The Kier molecular flexibility index (Phi) is 15.6. The van der Waals surface area contributed by atoms with E-state index < -0.39 is 6.29 Å². The molecule has 0 radical (unpaired) electrons. The number of hydrogen-bond acceptors (Lipinski definition) is 6. The molecular formula is C36H53Cl2N3O4. The van der Waals surface area contributed by atoms with Crippen molar-refractivity contribution in [1.82, 2.24) is 4.90 Å². The van der Waals surface area contributed by atoms with Gasteiger partial charge in [0.25, 0.3) is 0 Å². The van der Waals surface area contributed by atoms with E-state index in [9.17, 15) is 9.90 Å². The number of fused-ring (bicyclic) bond motifs is 1. The van der Waals surface area contributed by atoms with Gasteiger partial charge < -0.3 is 19.5 Å². The van der Waals surface area contributed by atoms with Crippen LogP contribution in [0.3, 0.4) is 0 Å². The van der Waals surface area contributed by atoms with Crippen molar-refractivity contribution in [3.05, 3.63) is 52.0 Å². The van der Waals surface area contributed by atoms with Crippen LogP contribution in [0.4, 0.5) is 11.4 Å². The lowest BCUT2D eigenvalue weighted by Crippen LogP contribution is -2.46. The van der Waals surface area contributed by atoms with Crippen LogP contribution in [0.2, 0.25) is 10.0 Å². The number of unbranched alkanes of at least 4 members (excludes halogenated alkanes) is 9. The smallest absolute Gasteiger partial charge is 0.229 e. The summed E-state index contributed by atoms with van der Waals surface area (Å²) >= 11 is 12.6. The summed E-state index contributed by atoms with van der Waals surface area (Å²) in [4.78, 5) is 19.2. The zero-order valence-electron chi connectivity index (χ0n) is 27.2. The number of aliphatic hydroxyl groups is 1. The SMILES string of the molecule is CCCCCCCCCCCC(O)OCN1C(=O)CCc2ccc(OCCCCN3CCN(c4cccc(Cl)c4Cl)CC3)cc21. The van der Waals surface area contributed by atoms with Crippen molar-refractivity contribution in [2.75, 3.05) is 55.9 Å². The molecule has 0 bridgehead atoms. The Morgan fingerprint density at radius 1 is 0.844 bits per heavy atom. The Morgan fingerprint density at radius 3 is 2.33 bits per heavy atom. The molecule has 1 unspecified atom stereocenters. The second kappa shape index (κ2) is 19.6. The van der Waals surface area contributed by atoms with Gasteiger partial charge in [-0.1, -0.05) is 93.6 Å². The van der Waals surface area contributed by atoms with Crippen LogP contribution in [0.1, 0.15) is 96.0 Å². The highest BCUT2D eigenvalue weighted by atomic mass is 35.5. The number of benzene rings is 2. The zero-order valence-corrected chi connectivity index (χ0v) is 28.7. The topological polar surface area (TPSA) is 65.5 Å². The van der Waals surface area contributed by atoms with Crippen LogP contribution in [-0.4, -0.2) is 68.3 Å². The molecule has 0 aromatic heterocycles. The molecule has 0 saturated carbocycles. The number of piperazine rings is 1. The third kappa shape index (κ3) is 11.6. The number of rotatable bonds is 20. The molecule has 2 aromatic rings. The number of nitrogens with zero attached hydrogens (tertiary/aromatic N) is 3. The van der Waals surface area contributed by atoms with E-state index in [2.05, 4.69) is 22.8 Å². The van der Waals surface area contributed by atoms with Crippen LogP contribution in [0.5, 0.6) is 5.75 Å². The van der Waals surface area contributed by atoms with Crippen molar-refractivity contribution in [3.8, 4) is 5.75 Å². The summed E-state index contributed by atoms with van der Waals surface area (Å²) in [5, 5.41) is 11.6. The first kappa shape index (κ1) is 35.8. The molecule has 1 amide bonds. The molecule has 2 aliphatic rings. The third-order valence-corrected chi connectivity index (χ3v) is 9.80. The van der Waals surface area contributed by atoms with Crippen LogP contribution >= 0.6 is 23.2 Å². The minimum Gasteiger partial charge on any atom is -0.494 e. The van der Waals surface area contributed by atoms with Crippen LogP contribution in [0.25, 0.3) is 0 Å². The summed E-state index contributed by atoms with van der Waals surface area (Å²) in [6, 6.07) is 11.8. The predicted molar refractivity (Wildman–Crippen MR) is 186 cm³/mol. The maximum atomic E-state index is 12.8. The lowest BCUT2D eigenvalue weighted by Gasteiger charge is -2.36. The highest BCUT2D eigenvalue weighted by molar-refractivity contribution is 6.43. The van der Waals surface area contributed by atoms with Gasteiger partial charge in [0.1, 0.15) is 12.5 Å². The predicted octanol–water partition coefficient (Wildman–Crippen LogP) is 8.47. The number of amides is 1. The summed E-state index contributed by atoms with van der Waals surface area (Å²) in [5.41, 5.74) is 2.95. The van der Waals surface area contributed by atoms with Crippen molar-refractivity contribution in [2.45, 2.75) is 103 Å². The van der Waals surface area contributed by atoms with Crippen molar-refractivity contribution in [1.29, 1.82) is 0 Å². The third-order valence-electron chi connectivity index (χ3n) is 8.99. The lowest BCUT2D eigenvalue weighted by atomic mass is 10.0. The van der Waals surface area contributed by atoms with Crippen LogP contribution in [-0.2, 0) is 16.0 Å². The minimum absolute atomic E-state index is 0.0210. The summed E-state index contributed by atoms with van der Waals surface area (Å²) < 4.78 is 11.8.